The predicted octanol–water partition coefficient (Wildman–Crippen LogP) is 1.70. The van der Waals surface area contributed by atoms with Gasteiger partial charge in [0.2, 0.25) is 0 Å². The van der Waals surface area contributed by atoms with Gasteiger partial charge in [-0.3, -0.25) is 4.90 Å². The van der Waals surface area contributed by atoms with E-state index in [-0.39, 0.29) is 23.7 Å². The van der Waals surface area contributed by atoms with Gasteiger partial charge in [-0.05, 0) is 30.5 Å². The molecule has 1 aliphatic carbocycles. The number of halogens is 1. The SMILES string of the molecule is COc1ccc(C2C(CN)OCCN2C2CC2)cc1F. The standard InChI is InChI=1S/C15H21FN2O2/c1-19-13-5-2-10(8-12(13)16)15-14(9-17)20-7-6-18(15)11-3-4-11/h2,5,8,11,14-15H,3-4,6-7,9,17H2,1H3. The van der Waals surface area contributed by atoms with E-state index in [9.17, 15) is 4.39 Å². The highest BCUT2D eigenvalue weighted by Crippen LogP contribution is 2.39. The van der Waals surface area contributed by atoms with Crippen LogP contribution in [0.4, 0.5) is 4.39 Å². The molecule has 2 N–H and O–H groups in total. The Kier molecular flexibility index (Phi) is 3.92. The fraction of sp³-hybridized carbons (Fsp3) is 0.600. The van der Waals surface area contributed by atoms with Crippen LogP contribution in [0.25, 0.3) is 0 Å². The van der Waals surface area contributed by atoms with E-state index in [0.717, 1.165) is 12.1 Å². The molecule has 2 fully saturated rings. The van der Waals surface area contributed by atoms with Crippen molar-refractivity contribution in [3.63, 3.8) is 0 Å². The van der Waals surface area contributed by atoms with Gasteiger partial charge in [0.1, 0.15) is 0 Å². The van der Waals surface area contributed by atoms with Crippen LogP contribution in [0, 0.1) is 5.82 Å². The summed E-state index contributed by atoms with van der Waals surface area (Å²) in [6.07, 6.45) is 2.36. The Balaban J connectivity index is 1.91. The summed E-state index contributed by atoms with van der Waals surface area (Å²) < 4.78 is 24.7. The molecule has 5 heteroatoms. The lowest BCUT2D eigenvalue weighted by Crippen LogP contribution is -2.49. The summed E-state index contributed by atoms with van der Waals surface area (Å²) in [7, 11) is 1.47. The van der Waals surface area contributed by atoms with E-state index in [2.05, 4.69) is 4.90 Å². The average Bonchev–Trinajstić information content (AvgIpc) is 3.31. The minimum atomic E-state index is -0.331. The molecule has 0 bridgehead atoms. The molecule has 2 unspecified atom stereocenters. The molecule has 4 nitrogen and oxygen atoms in total. The molecule has 110 valence electrons. The van der Waals surface area contributed by atoms with Crippen LogP contribution in [0.3, 0.4) is 0 Å². The van der Waals surface area contributed by atoms with Gasteiger partial charge >= 0.3 is 0 Å². The van der Waals surface area contributed by atoms with Crippen molar-refractivity contribution in [2.45, 2.75) is 31.0 Å². The van der Waals surface area contributed by atoms with Gasteiger partial charge in [-0.25, -0.2) is 4.39 Å². The fourth-order valence-corrected chi connectivity index (χ4v) is 3.04. The molecule has 1 aliphatic heterocycles. The Morgan fingerprint density at radius 1 is 1.45 bits per heavy atom. The second-order valence-corrected chi connectivity index (χ2v) is 5.45. The molecule has 2 atom stereocenters. The van der Waals surface area contributed by atoms with Crippen molar-refractivity contribution in [3.05, 3.63) is 29.6 Å². The Morgan fingerprint density at radius 3 is 2.85 bits per heavy atom. The topological polar surface area (TPSA) is 47.7 Å². The molecule has 20 heavy (non-hydrogen) atoms. The Bertz CT molecular complexity index is 479. The number of rotatable bonds is 4. The molecular weight excluding hydrogens is 259 g/mol. The van der Waals surface area contributed by atoms with E-state index in [0.29, 0.717) is 19.2 Å². The minimum absolute atomic E-state index is 0.0432. The van der Waals surface area contributed by atoms with Crippen molar-refractivity contribution in [1.29, 1.82) is 0 Å². The van der Waals surface area contributed by atoms with Gasteiger partial charge < -0.3 is 15.2 Å². The first-order chi connectivity index (χ1) is 9.74. The molecule has 0 amide bonds. The maximum atomic E-state index is 14.0. The smallest absolute Gasteiger partial charge is 0.165 e. The maximum absolute atomic E-state index is 14.0. The van der Waals surface area contributed by atoms with Gasteiger partial charge in [0, 0.05) is 19.1 Å². The third-order valence-corrected chi connectivity index (χ3v) is 4.16. The average molecular weight is 280 g/mol. The van der Waals surface area contributed by atoms with Crippen LogP contribution in [-0.4, -0.2) is 43.9 Å². The lowest BCUT2D eigenvalue weighted by atomic mass is 9.97. The third kappa shape index (κ3) is 2.53. The van der Waals surface area contributed by atoms with Crippen LogP contribution < -0.4 is 10.5 Å². The number of hydrogen-bond acceptors (Lipinski definition) is 4. The van der Waals surface area contributed by atoms with Crippen molar-refractivity contribution in [2.24, 2.45) is 5.73 Å². The van der Waals surface area contributed by atoms with Gasteiger partial charge in [-0.2, -0.15) is 0 Å². The zero-order valence-corrected chi connectivity index (χ0v) is 11.7. The summed E-state index contributed by atoms with van der Waals surface area (Å²) in [6, 6.07) is 5.79. The minimum Gasteiger partial charge on any atom is -0.494 e. The van der Waals surface area contributed by atoms with Gasteiger partial charge in [0.15, 0.2) is 11.6 Å². The molecule has 1 saturated heterocycles. The first kappa shape index (κ1) is 13.8. The van der Waals surface area contributed by atoms with Crippen molar-refractivity contribution < 1.29 is 13.9 Å². The highest BCUT2D eigenvalue weighted by atomic mass is 19.1. The van der Waals surface area contributed by atoms with Gasteiger partial charge in [-0.15, -0.1) is 0 Å². The van der Waals surface area contributed by atoms with E-state index in [1.165, 1.54) is 20.0 Å². The number of nitrogens with zero attached hydrogens (tertiary/aromatic N) is 1. The molecule has 1 aromatic carbocycles. The lowest BCUT2D eigenvalue weighted by molar-refractivity contribution is -0.0713. The molecule has 1 aromatic rings. The van der Waals surface area contributed by atoms with E-state index in [1.54, 1.807) is 12.1 Å². The van der Waals surface area contributed by atoms with E-state index < -0.39 is 0 Å². The van der Waals surface area contributed by atoms with Crippen molar-refractivity contribution in [1.82, 2.24) is 4.90 Å². The van der Waals surface area contributed by atoms with E-state index in [1.807, 2.05) is 6.07 Å². The molecule has 1 heterocycles. The van der Waals surface area contributed by atoms with Crippen LogP contribution in [-0.2, 0) is 4.74 Å². The highest BCUT2D eigenvalue weighted by molar-refractivity contribution is 5.32. The predicted molar refractivity (Wildman–Crippen MR) is 74.2 cm³/mol. The molecule has 3 rings (SSSR count). The number of nitrogens with two attached hydrogens (primary N) is 1. The van der Waals surface area contributed by atoms with E-state index >= 15 is 0 Å². The summed E-state index contributed by atoms with van der Waals surface area (Å²) >= 11 is 0. The van der Waals surface area contributed by atoms with Crippen LogP contribution >= 0.6 is 0 Å². The Morgan fingerprint density at radius 2 is 2.25 bits per heavy atom. The normalized spacial score (nSPS) is 27.6. The van der Waals surface area contributed by atoms with Crippen molar-refractivity contribution in [3.8, 4) is 5.75 Å². The molecule has 0 radical (unpaired) electrons. The summed E-state index contributed by atoms with van der Waals surface area (Å²) in [5.41, 5.74) is 6.76. The van der Waals surface area contributed by atoms with Crippen LogP contribution in [0.2, 0.25) is 0 Å². The number of benzene rings is 1. The van der Waals surface area contributed by atoms with Crippen molar-refractivity contribution >= 4 is 0 Å². The number of methoxy groups -OCH3 is 1. The second-order valence-electron chi connectivity index (χ2n) is 5.45. The molecule has 2 aliphatic rings. The summed E-state index contributed by atoms with van der Waals surface area (Å²) in [5, 5.41) is 0. The van der Waals surface area contributed by atoms with Crippen molar-refractivity contribution in [2.75, 3.05) is 26.8 Å². The molecule has 1 saturated carbocycles. The number of morpholine rings is 1. The van der Waals surface area contributed by atoms with Crippen LogP contribution in [0.5, 0.6) is 5.75 Å². The van der Waals surface area contributed by atoms with Gasteiger partial charge in [-0.1, -0.05) is 6.07 Å². The largest absolute Gasteiger partial charge is 0.494 e. The zero-order chi connectivity index (χ0) is 14.1. The lowest BCUT2D eigenvalue weighted by Gasteiger charge is -2.41. The fourth-order valence-electron chi connectivity index (χ4n) is 3.04. The zero-order valence-electron chi connectivity index (χ0n) is 11.7. The quantitative estimate of drug-likeness (QED) is 0.912. The Labute approximate surface area is 118 Å². The first-order valence-electron chi connectivity index (χ1n) is 7.15. The van der Waals surface area contributed by atoms with Crippen LogP contribution in [0.1, 0.15) is 24.4 Å². The van der Waals surface area contributed by atoms with Gasteiger partial charge in [0.25, 0.3) is 0 Å². The third-order valence-electron chi connectivity index (χ3n) is 4.16. The first-order valence-corrected chi connectivity index (χ1v) is 7.15. The van der Waals surface area contributed by atoms with Crippen LogP contribution in [0.15, 0.2) is 18.2 Å². The second kappa shape index (κ2) is 5.68. The molecular formula is C15H21FN2O2. The summed E-state index contributed by atoms with van der Waals surface area (Å²) in [5.74, 6) is -0.0603. The van der Waals surface area contributed by atoms with Gasteiger partial charge in [0.05, 0.1) is 25.9 Å². The molecule has 0 spiro atoms. The molecule has 0 aromatic heterocycles. The number of ether oxygens (including phenoxy) is 2. The maximum Gasteiger partial charge on any atom is 0.165 e. The summed E-state index contributed by atoms with van der Waals surface area (Å²) in [4.78, 5) is 2.42. The monoisotopic (exact) mass is 280 g/mol. The Hall–Kier alpha value is -1.17. The number of hydrogen-bond donors (Lipinski definition) is 1. The summed E-state index contributed by atoms with van der Waals surface area (Å²) in [6.45, 7) is 2.04. The highest BCUT2D eigenvalue weighted by Gasteiger charge is 2.40. The van der Waals surface area contributed by atoms with E-state index in [4.69, 9.17) is 15.2 Å².